The lowest BCUT2D eigenvalue weighted by Gasteiger charge is -2.20. The Morgan fingerprint density at radius 1 is 0.596 bits per heavy atom. The van der Waals surface area contributed by atoms with Gasteiger partial charge >= 0.3 is 19.8 Å². The van der Waals surface area contributed by atoms with E-state index in [1.807, 2.05) is 18.2 Å². The SMILES string of the molecule is CC/C=C\C/C=C\C/C=C\C/C=C\C[C@H](O)[C@@H](O)CCCC(=O)OC[C@H](COP(=O)(O)OC[C@@H](O)CO)OC(=O)CCCCCCC/C=C\CCCCCCCC. The summed E-state index contributed by atoms with van der Waals surface area (Å²) < 4.78 is 32.5. The second kappa shape index (κ2) is 39.1. The van der Waals surface area contributed by atoms with Crippen molar-refractivity contribution in [3.05, 3.63) is 60.8 Å². The second-order valence-corrected chi connectivity index (χ2v) is 15.7. The van der Waals surface area contributed by atoms with Crippen LogP contribution in [-0.2, 0) is 32.7 Å². The number of phosphoric acid groups is 1. The lowest BCUT2D eigenvalue weighted by Crippen LogP contribution is -2.30. The van der Waals surface area contributed by atoms with Crippen LogP contribution in [0.4, 0.5) is 0 Å². The van der Waals surface area contributed by atoms with E-state index in [0.29, 0.717) is 12.8 Å². The summed E-state index contributed by atoms with van der Waals surface area (Å²) in [6.07, 6.45) is 35.0. The largest absolute Gasteiger partial charge is 0.472 e. The first-order valence-electron chi connectivity index (χ1n) is 21.4. The van der Waals surface area contributed by atoms with Gasteiger partial charge in [-0.25, -0.2) is 4.57 Å². The summed E-state index contributed by atoms with van der Waals surface area (Å²) in [5, 5.41) is 39.0. The molecule has 0 saturated heterocycles. The topological polar surface area (TPSA) is 189 Å². The lowest BCUT2D eigenvalue weighted by atomic mass is 10.0. The monoisotopic (exact) mass is 829 g/mol. The van der Waals surface area contributed by atoms with Crippen molar-refractivity contribution in [1.82, 2.24) is 0 Å². The average molecular weight is 829 g/mol. The van der Waals surface area contributed by atoms with Gasteiger partial charge in [-0.1, -0.05) is 126 Å². The standard InChI is InChI=1S/C44H77O12P/c1-3-5-7-9-11-13-15-17-18-19-21-23-25-27-29-33-44(50)56-40(38-55-57(51,52)54-36-39(46)35-45)37-53-43(49)34-30-32-42(48)41(47)31-28-26-24-22-20-16-14-12-10-8-6-4-2/h6,8,12,14,17-18,20,22,26,28,39-42,45-48H,3-5,7,9-11,13,15-16,19,21,23-25,27,29-38H2,1-2H3,(H,51,52)/b8-6-,14-12-,18-17-,22-20-,28-26-/t39-,40+,41-,42-/m0/s1. The number of aliphatic hydroxyl groups excluding tert-OH is 4. The Morgan fingerprint density at radius 3 is 1.72 bits per heavy atom. The first-order valence-corrected chi connectivity index (χ1v) is 22.9. The molecular weight excluding hydrogens is 751 g/mol. The molecule has 0 aromatic carbocycles. The molecule has 0 fully saturated rings. The van der Waals surface area contributed by atoms with Gasteiger partial charge < -0.3 is 34.8 Å². The first kappa shape index (κ1) is 54.6. The Kier molecular flexibility index (Phi) is 37.4. The van der Waals surface area contributed by atoms with Crippen LogP contribution in [0, 0.1) is 0 Å². The van der Waals surface area contributed by atoms with Crippen LogP contribution in [-0.4, -0.2) is 88.1 Å². The molecule has 13 heteroatoms. The highest BCUT2D eigenvalue weighted by atomic mass is 31.2. The average Bonchev–Trinajstić information content (AvgIpc) is 3.19. The number of esters is 2. The minimum atomic E-state index is -4.69. The first-order chi connectivity index (χ1) is 27.5. The molecule has 5 N–H and O–H groups in total. The van der Waals surface area contributed by atoms with Crippen LogP contribution in [0.15, 0.2) is 60.8 Å². The zero-order valence-corrected chi connectivity index (χ0v) is 35.9. The van der Waals surface area contributed by atoms with Crippen LogP contribution < -0.4 is 0 Å². The highest BCUT2D eigenvalue weighted by Gasteiger charge is 2.27. The van der Waals surface area contributed by atoms with Crippen molar-refractivity contribution in [3.8, 4) is 0 Å². The molecule has 0 aromatic rings. The maximum atomic E-state index is 12.6. The van der Waals surface area contributed by atoms with E-state index < -0.39 is 70.6 Å². The van der Waals surface area contributed by atoms with Crippen molar-refractivity contribution in [2.75, 3.05) is 26.4 Å². The van der Waals surface area contributed by atoms with E-state index in [1.54, 1.807) is 0 Å². The van der Waals surface area contributed by atoms with E-state index >= 15 is 0 Å². The third-order valence-electron chi connectivity index (χ3n) is 8.86. The Balaban J connectivity index is 4.57. The molecule has 330 valence electrons. The number of unbranched alkanes of at least 4 members (excludes halogenated alkanes) is 11. The highest BCUT2D eigenvalue weighted by Crippen LogP contribution is 2.43. The summed E-state index contributed by atoms with van der Waals surface area (Å²) in [5.41, 5.74) is 0. The number of allylic oxidation sites excluding steroid dienone is 9. The van der Waals surface area contributed by atoms with Crippen LogP contribution in [0.2, 0.25) is 0 Å². The summed E-state index contributed by atoms with van der Waals surface area (Å²) >= 11 is 0. The van der Waals surface area contributed by atoms with E-state index in [1.165, 1.54) is 38.5 Å². The van der Waals surface area contributed by atoms with Gasteiger partial charge in [-0.05, 0) is 77.0 Å². The molecule has 0 radical (unpaired) electrons. The molecule has 0 heterocycles. The van der Waals surface area contributed by atoms with Gasteiger partial charge in [0.15, 0.2) is 6.10 Å². The van der Waals surface area contributed by atoms with Crippen molar-refractivity contribution in [2.45, 2.75) is 180 Å². The third-order valence-corrected chi connectivity index (χ3v) is 9.81. The Hall–Kier alpha value is -2.41. The summed E-state index contributed by atoms with van der Waals surface area (Å²) in [7, 11) is -4.69. The number of rotatable bonds is 39. The molecule has 0 amide bonds. The summed E-state index contributed by atoms with van der Waals surface area (Å²) in [6, 6.07) is 0. The quantitative estimate of drug-likeness (QED) is 0.0171. The summed E-state index contributed by atoms with van der Waals surface area (Å²) in [4.78, 5) is 35.0. The number of hydrogen-bond acceptors (Lipinski definition) is 11. The molecule has 0 aromatic heterocycles. The van der Waals surface area contributed by atoms with Gasteiger partial charge in [-0.3, -0.25) is 18.6 Å². The Labute approximate surface area is 343 Å². The van der Waals surface area contributed by atoms with E-state index in [-0.39, 0.29) is 32.1 Å². The zero-order chi connectivity index (χ0) is 42.2. The maximum Gasteiger partial charge on any atom is 0.472 e. The molecule has 0 saturated carbocycles. The molecule has 5 atom stereocenters. The molecule has 0 aliphatic rings. The predicted octanol–water partition coefficient (Wildman–Crippen LogP) is 9.05. The molecule has 12 nitrogen and oxygen atoms in total. The number of aliphatic hydroxyl groups is 4. The number of ether oxygens (including phenoxy) is 2. The van der Waals surface area contributed by atoms with Crippen LogP contribution in [0.1, 0.15) is 155 Å². The molecule has 0 spiro atoms. The molecule has 0 aliphatic carbocycles. The van der Waals surface area contributed by atoms with Gasteiger partial charge in [0.1, 0.15) is 12.7 Å². The molecule has 1 unspecified atom stereocenters. The third kappa shape index (κ3) is 37.6. The van der Waals surface area contributed by atoms with Crippen LogP contribution in [0.3, 0.4) is 0 Å². The molecule has 0 aliphatic heterocycles. The van der Waals surface area contributed by atoms with Gasteiger partial charge in [0.25, 0.3) is 0 Å². The molecule has 57 heavy (non-hydrogen) atoms. The van der Waals surface area contributed by atoms with Gasteiger partial charge in [-0.2, -0.15) is 0 Å². The van der Waals surface area contributed by atoms with Crippen LogP contribution in [0.5, 0.6) is 0 Å². The summed E-state index contributed by atoms with van der Waals surface area (Å²) in [6.45, 7) is 1.90. The van der Waals surface area contributed by atoms with E-state index in [4.69, 9.17) is 19.1 Å². The van der Waals surface area contributed by atoms with Crippen molar-refractivity contribution in [1.29, 1.82) is 0 Å². The fourth-order valence-electron chi connectivity index (χ4n) is 5.43. The second-order valence-electron chi connectivity index (χ2n) is 14.3. The number of carbonyl (C=O) groups is 2. The highest BCUT2D eigenvalue weighted by molar-refractivity contribution is 7.47. The zero-order valence-electron chi connectivity index (χ0n) is 35.0. The van der Waals surface area contributed by atoms with E-state index in [9.17, 15) is 34.4 Å². The van der Waals surface area contributed by atoms with Crippen molar-refractivity contribution < 1.29 is 58.0 Å². The van der Waals surface area contributed by atoms with Gasteiger partial charge in [-0.15, -0.1) is 0 Å². The van der Waals surface area contributed by atoms with Crippen LogP contribution in [0.25, 0.3) is 0 Å². The summed E-state index contributed by atoms with van der Waals surface area (Å²) in [5.74, 6) is -1.23. The Morgan fingerprint density at radius 2 is 1.12 bits per heavy atom. The molecular formula is C44H77O12P. The van der Waals surface area contributed by atoms with E-state index in [2.05, 4.69) is 60.9 Å². The predicted molar refractivity (Wildman–Crippen MR) is 226 cm³/mol. The number of hydrogen-bond donors (Lipinski definition) is 5. The minimum Gasteiger partial charge on any atom is -0.462 e. The fraction of sp³-hybridized carbons (Fsp3) is 0.727. The number of phosphoric ester groups is 1. The van der Waals surface area contributed by atoms with Crippen molar-refractivity contribution in [2.24, 2.45) is 0 Å². The van der Waals surface area contributed by atoms with Crippen molar-refractivity contribution in [3.63, 3.8) is 0 Å². The van der Waals surface area contributed by atoms with Gasteiger partial charge in [0, 0.05) is 12.8 Å². The van der Waals surface area contributed by atoms with E-state index in [0.717, 1.165) is 57.8 Å². The minimum absolute atomic E-state index is 0.0785. The smallest absolute Gasteiger partial charge is 0.462 e. The Bertz CT molecular complexity index is 1170. The molecule has 0 rings (SSSR count). The lowest BCUT2D eigenvalue weighted by molar-refractivity contribution is -0.161. The number of carbonyl (C=O) groups excluding carboxylic acids is 2. The van der Waals surface area contributed by atoms with Gasteiger partial charge in [0.05, 0.1) is 32.0 Å². The normalized spacial score (nSPS) is 15.6. The maximum absolute atomic E-state index is 12.6. The van der Waals surface area contributed by atoms with Crippen LogP contribution >= 0.6 is 7.82 Å². The fourth-order valence-corrected chi connectivity index (χ4v) is 6.22. The van der Waals surface area contributed by atoms with Gasteiger partial charge in [0.2, 0.25) is 0 Å². The van der Waals surface area contributed by atoms with Crippen molar-refractivity contribution >= 4 is 19.8 Å². The molecule has 0 bridgehead atoms.